The molecule has 152 valence electrons. The summed E-state index contributed by atoms with van der Waals surface area (Å²) < 4.78 is 5.29. The first-order chi connectivity index (χ1) is 14.2. The van der Waals surface area contributed by atoms with E-state index in [-0.39, 0.29) is 6.61 Å². The molecule has 2 N–H and O–H groups in total. The molecule has 5 nitrogen and oxygen atoms in total. The number of alkyl carbamates (subject to hydrolysis) is 1. The molecule has 0 spiro atoms. The van der Waals surface area contributed by atoms with Gasteiger partial charge in [-0.25, -0.2) is 4.79 Å². The first kappa shape index (κ1) is 21.0. The summed E-state index contributed by atoms with van der Waals surface area (Å²) in [5, 5.41) is 13.6. The maximum atomic E-state index is 12.3. The van der Waals surface area contributed by atoms with Crippen LogP contribution in [0.15, 0.2) is 72.4 Å². The molecule has 0 aliphatic rings. The van der Waals surface area contributed by atoms with Crippen molar-refractivity contribution in [3.05, 3.63) is 88.4 Å². The van der Waals surface area contributed by atoms with Crippen molar-refractivity contribution in [2.75, 3.05) is 0 Å². The number of rotatable bonds is 10. The van der Waals surface area contributed by atoms with Crippen molar-refractivity contribution >= 4 is 17.4 Å². The van der Waals surface area contributed by atoms with Gasteiger partial charge < -0.3 is 15.2 Å². The lowest BCUT2D eigenvalue weighted by atomic mass is 9.96. The highest BCUT2D eigenvalue weighted by atomic mass is 32.1. The lowest BCUT2D eigenvalue weighted by molar-refractivity contribution is 0.0956. The van der Waals surface area contributed by atoms with E-state index < -0.39 is 18.2 Å². The van der Waals surface area contributed by atoms with E-state index in [9.17, 15) is 9.90 Å². The van der Waals surface area contributed by atoms with E-state index in [0.29, 0.717) is 12.8 Å². The molecule has 1 heterocycles. The van der Waals surface area contributed by atoms with Gasteiger partial charge in [0.2, 0.25) is 0 Å². The third kappa shape index (κ3) is 7.33. The van der Waals surface area contributed by atoms with Crippen molar-refractivity contribution in [3.63, 3.8) is 0 Å². The van der Waals surface area contributed by atoms with Crippen molar-refractivity contribution < 1.29 is 14.6 Å². The highest BCUT2D eigenvalue weighted by molar-refractivity contribution is 7.09. The SMILES string of the molecule is O=C(NC(Cc1ccccc1)C(O)CCCc1ccccc1)OCc1cncs1. The van der Waals surface area contributed by atoms with Gasteiger partial charge in [0.25, 0.3) is 0 Å². The predicted octanol–water partition coefficient (Wildman–Crippen LogP) is 4.36. The molecule has 0 fully saturated rings. The number of benzene rings is 2. The number of carbonyl (C=O) groups excluding carboxylic acids is 1. The number of thiazole rings is 1. The minimum atomic E-state index is -0.658. The third-order valence-corrected chi connectivity index (χ3v) is 5.46. The second-order valence-corrected chi connectivity index (χ2v) is 7.90. The minimum absolute atomic E-state index is 0.179. The van der Waals surface area contributed by atoms with Crippen LogP contribution in [0, 0.1) is 0 Å². The largest absolute Gasteiger partial charge is 0.444 e. The number of amides is 1. The van der Waals surface area contributed by atoms with Gasteiger partial charge in [-0.15, -0.1) is 11.3 Å². The summed E-state index contributed by atoms with van der Waals surface area (Å²) in [6, 6.07) is 19.6. The first-order valence-corrected chi connectivity index (χ1v) is 10.7. The number of hydrogen-bond donors (Lipinski definition) is 2. The van der Waals surface area contributed by atoms with Gasteiger partial charge >= 0.3 is 6.09 Å². The van der Waals surface area contributed by atoms with Crippen LogP contribution in [0.25, 0.3) is 0 Å². The average Bonchev–Trinajstić information content (AvgIpc) is 3.27. The lowest BCUT2D eigenvalue weighted by Crippen LogP contribution is -2.45. The van der Waals surface area contributed by atoms with Crippen LogP contribution < -0.4 is 5.32 Å². The fourth-order valence-corrected chi connectivity index (χ4v) is 3.66. The molecular formula is C23H26N2O3S. The maximum Gasteiger partial charge on any atom is 0.407 e. The Morgan fingerprint density at radius 1 is 1.07 bits per heavy atom. The molecule has 0 radical (unpaired) electrons. The number of nitrogens with zero attached hydrogens (tertiary/aromatic N) is 1. The predicted molar refractivity (Wildman–Crippen MR) is 115 cm³/mol. The van der Waals surface area contributed by atoms with Gasteiger partial charge in [0.15, 0.2) is 0 Å². The number of nitrogens with one attached hydrogen (secondary N) is 1. The van der Waals surface area contributed by atoms with Crippen molar-refractivity contribution in [2.24, 2.45) is 0 Å². The van der Waals surface area contributed by atoms with E-state index >= 15 is 0 Å². The zero-order valence-electron chi connectivity index (χ0n) is 16.2. The standard InChI is InChI=1S/C23H26N2O3S/c26-22(13-7-12-18-8-3-1-4-9-18)21(14-19-10-5-2-6-11-19)25-23(27)28-16-20-15-24-17-29-20/h1-6,8-11,15,17,21-22,26H,7,12-14,16H2,(H,25,27). The summed E-state index contributed by atoms with van der Waals surface area (Å²) in [6.07, 6.45) is 3.37. The molecule has 2 aromatic carbocycles. The monoisotopic (exact) mass is 410 g/mol. The van der Waals surface area contributed by atoms with Crippen LogP contribution in [0.2, 0.25) is 0 Å². The van der Waals surface area contributed by atoms with Gasteiger partial charge in [-0.3, -0.25) is 4.98 Å². The molecule has 3 rings (SSSR count). The summed E-state index contributed by atoms with van der Waals surface area (Å²) >= 11 is 1.44. The van der Waals surface area contributed by atoms with Gasteiger partial charge in [0.1, 0.15) is 6.61 Å². The summed E-state index contributed by atoms with van der Waals surface area (Å²) in [6.45, 7) is 0.179. The van der Waals surface area contributed by atoms with Crippen LogP contribution >= 0.6 is 11.3 Å². The summed E-state index contributed by atoms with van der Waals surface area (Å²) in [5.41, 5.74) is 4.00. The third-order valence-electron chi connectivity index (χ3n) is 4.70. The molecular weight excluding hydrogens is 384 g/mol. The molecule has 0 bridgehead atoms. The zero-order chi connectivity index (χ0) is 20.3. The van der Waals surface area contributed by atoms with Crippen LogP contribution in [-0.2, 0) is 24.2 Å². The minimum Gasteiger partial charge on any atom is -0.444 e. The Hall–Kier alpha value is -2.70. The molecule has 0 saturated heterocycles. The van der Waals surface area contributed by atoms with Crippen molar-refractivity contribution in [3.8, 4) is 0 Å². The van der Waals surface area contributed by atoms with Crippen LogP contribution in [0.5, 0.6) is 0 Å². The Kier molecular flexibility index (Phi) is 8.22. The number of aliphatic hydroxyl groups is 1. The Balaban J connectivity index is 1.54. The molecule has 3 aromatic rings. The summed E-state index contributed by atoms with van der Waals surface area (Å²) in [5.74, 6) is 0. The van der Waals surface area contributed by atoms with E-state index in [0.717, 1.165) is 23.3 Å². The highest BCUT2D eigenvalue weighted by Gasteiger charge is 2.22. The van der Waals surface area contributed by atoms with Gasteiger partial charge in [-0.05, 0) is 36.8 Å². The Labute approximate surface area is 175 Å². The fourth-order valence-electron chi connectivity index (χ4n) is 3.16. The molecule has 0 aliphatic carbocycles. The number of ether oxygens (including phenoxy) is 1. The highest BCUT2D eigenvalue weighted by Crippen LogP contribution is 2.14. The average molecular weight is 411 g/mol. The van der Waals surface area contributed by atoms with Crippen LogP contribution in [0.3, 0.4) is 0 Å². The second-order valence-electron chi connectivity index (χ2n) is 6.93. The Bertz CT molecular complexity index is 841. The van der Waals surface area contributed by atoms with Gasteiger partial charge in [0.05, 0.1) is 22.5 Å². The molecule has 0 saturated carbocycles. The van der Waals surface area contributed by atoms with Crippen LogP contribution in [-0.4, -0.2) is 28.3 Å². The lowest BCUT2D eigenvalue weighted by Gasteiger charge is -2.24. The number of aromatic nitrogens is 1. The summed E-state index contributed by atoms with van der Waals surface area (Å²) in [4.78, 5) is 17.1. The summed E-state index contributed by atoms with van der Waals surface area (Å²) in [7, 11) is 0. The normalized spacial score (nSPS) is 12.9. The van der Waals surface area contributed by atoms with Crippen molar-refractivity contribution in [2.45, 2.75) is 44.4 Å². The Morgan fingerprint density at radius 2 is 1.76 bits per heavy atom. The topological polar surface area (TPSA) is 71.5 Å². The van der Waals surface area contributed by atoms with E-state index in [1.54, 1.807) is 11.7 Å². The quantitative estimate of drug-likeness (QED) is 0.521. The van der Waals surface area contributed by atoms with Crippen molar-refractivity contribution in [1.29, 1.82) is 0 Å². The number of carbonyl (C=O) groups is 1. The maximum absolute atomic E-state index is 12.3. The molecule has 1 aromatic heterocycles. The van der Waals surface area contributed by atoms with Crippen molar-refractivity contribution in [1.82, 2.24) is 10.3 Å². The fraction of sp³-hybridized carbons (Fsp3) is 0.304. The molecule has 1 amide bonds. The van der Waals surface area contributed by atoms with E-state index in [1.165, 1.54) is 16.9 Å². The molecule has 29 heavy (non-hydrogen) atoms. The molecule has 2 atom stereocenters. The molecule has 0 aliphatic heterocycles. The smallest absolute Gasteiger partial charge is 0.407 e. The zero-order valence-corrected chi connectivity index (χ0v) is 17.1. The number of aryl methyl sites for hydroxylation is 1. The van der Waals surface area contributed by atoms with E-state index in [2.05, 4.69) is 22.4 Å². The second kappa shape index (κ2) is 11.3. The molecule has 2 unspecified atom stereocenters. The van der Waals surface area contributed by atoms with E-state index in [1.807, 2.05) is 48.5 Å². The Morgan fingerprint density at radius 3 is 2.41 bits per heavy atom. The van der Waals surface area contributed by atoms with Gasteiger partial charge in [-0.2, -0.15) is 0 Å². The van der Waals surface area contributed by atoms with Crippen LogP contribution in [0.1, 0.15) is 28.8 Å². The number of aliphatic hydroxyl groups excluding tert-OH is 1. The van der Waals surface area contributed by atoms with E-state index in [4.69, 9.17) is 4.74 Å². The van der Waals surface area contributed by atoms with Crippen LogP contribution in [0.4, 0.5) is 4.79 Å². The van der Waals surface area contributed by atoms with Gasteiger partial charge in [-0.1, -0.05) is 60.7 Å². The number of hydrogen-bond acceptors (Lipinski definition) is 5. The van der Waals surface area contributed by atoms with Gasteiger partial charge in [0, 0.05) is 6.20 Å². The first-order valence-electron chi connectivity index (χ1n) is 9.77. The molecule has 6 heteroatoms.